The lowest BCUT2D eigenvalue weighted by molar-refractivity contribution is -0.120. The molecule has 0 heterocycles. The van der Waals surface area contributed by atoms with Crippen LogP contribution in [0.3, 0.4) is 0 Å². The van der Waals surface area contributed by atoms with Gasteiger partial charge >= 0.3 is 0 Å². The molecule has 0 saturated heterocycles. The van der Waals surface area contributed by atoms with Crippen LogP contribution in [0.25, 0.3) is 0 Å². The second-order valence-electron chi connectivity index (χ2n) is 1.79. The first kappa shape index (κ1) is 8.56. The van der Waals surface area contributed by atoms with Crippen molar-refractivity contribution >= 4 is 34.0 Å². The van der Waals surface area contributed by atoms with Crippen molar-refractivity contribution in [2.75, 3.05) is 0 Å². The van der Waals surface area contributed by atoms with Crippen LogP contribution < -0.4 is 4.74 Å². The highest BCUT2D eigenvalue weighted by atomic mass is 79.9. The number of carbonyl (C=O) groups excluding carboxylic acids is 1. The monoisotopic (exact) mass is 234 g/mol. The number of hydrogen-bond donors (Lipinski definition) is 0. The molecule has 0 radical (unpaired) electrons. The Morgan fingerprint density at radius 1 is 1.55 bits per heavy atom. The molecule has 0 spiro atoms. The molecule has 1 aromatic rings. The van der Waals surface area contributed by atoms with Gasteiger partial charge in [-0.15, -0.1) is 0 Å². The van der Waals surface area contributed by atoms with E-state index in [1.165, 1.54) is 0 Å². The van der Waals surface area contributed by atoms with Crippen molar-refractivity contribution in [3.8, 4) is 5.75 Å². The minimum Gasteiger partial charge on any atom is -0.429 e. The average Bonchev–Trinajstić information content (AvgIpc) is 1.98. The fourth-order valence-electron chi connectivity index (χ4n) is 0.606. The van der Waals surface area contributed by atoms with Gasteiger partial charge in [-0.2, -0.15) is 0 Å². The third-order valence-corrected chi connectivity index (χ3v) is 2.31. The average molecular weight is 235 g/mol. The van der Waals surface area contributed by atoms with E-state index in [-0.39, 0.29) is 0 Å². The van der Waals surface area contributed by atoms with Gasteiger partial charge in [0.15, 0.2) is 0 Å². The van der Waals surface area contributed by atoms with E-state index in [2.05, 4.69) is 20.7 Å². The van der Waals surface area contributed by atoms with Crippen LogP contribution in [0.5, 0.6) is 5.75 Å². The summed E-state index contributed by atoms with van der Waals surface area (Å²) in [6.45, 7) is 0.361. The van der Waals surface area contributed by atoms with Crippen molar-refractivity contribution in [2.24, 2.45) is 0 Å². The zero-order chi connectivity index (χ0) is 8.27. The third-order valence-electron chi connectivity index (χ3n) is 1.08. The van der Waals surface area contributed by atoms with Crippen molar-refractivity contribution in [2.45, 2.75) is 0 Å². The molecule has 0 aliphatic heterocycles. The Morgan fingerprint density at radius 3 is 2.82 bits per heavy atom. The largest absolute Gasteiger partial charge is 0.429 e. The molecule has 11 heavy (non-hydrogen) atoms. The summed E-state index contributed by atoms with van der Waals surface area (Å²) in [5.41, 5.74) is 0. The molecule has 0 atom stereocenters. The van der Waals surface area contributed by atoms with Crippen molar-refractivity contribution in [1.82, 2.24) is 0 Å². The quantitative estimate of drug-likeness (QED) is 0.737. The third kappa shape index (κ3) is 2.20. The minimum atomic E-state index is 0.361. The Bertz CT molecular complexity index is 275. The maximum absolute atomic E-state index is 9.89. The van der Waals surface area contributed by atoms with Gasteiger partial charge in [0, 0.05) is 10.5 Å². The first-order valence-electron chi connectivity index (χ1n) is 2.79. The molecule has 0 bridgehead atoms. The predicted molar refractivity (Wildman–Crippen MR) is 45.8 cm³/mol. The number of benzene rings is 1. The molecule has 0 aromatic heterocycles. The number of ether oxygens (including phenoxy) is 1. The fourth-order valence-corrected chi connectivity index (χ4v) is 1.02. The summed E-state index contributed by atoms with van der Waals surface area (Å²) in [6.07, 6.45) is 0. The smallest absolute Gasteiger partial charge is 0.298 e. The Kier molecular flexibility index (Phi) is 2.91. The summed E-state index contributed by atoms with van der Waals surface area (Å²) >= 11 is 8.91. The second kappa shape index (κ2) is 3.74. The Balaban J connectivity index is 2.95. The van der Waals surface area contributed by atoms with Crippen LogP contribution in [0.1, 0.15) is 0 Å². The molecule has 2 nitrogen and oxygen atoms in total. The molecule has 58 valence electrons. The highest BCUT2D eigenvalue weighted by Gasteiger charge is 1.98. The van der Waals surface area contributed by atoms with Crippen LogP contribution in [-0.4, -0.2) is 6.47 Å². The van der Waals surface area contributed by atoms with Gasteiger partial charge in [-0.05, 0) is 28.1 Å². The van der Waals surface area contributed by atoms with E-state index in [0.717, 1.165) is 4.47 Å². The number of halogens is 2. The van der Waals surface area contributed by atoms with Crippen LogP contribution >= 0.6 is 27.5 Å². The van der Waals surface area contributed by atoms with E-state index in [0.29, 0.717) is 17.2 Å². The van der Waals surface area contributed by atoms with Gasteiger partial charge in [0.25, 0.3) is 6.47 Å². The fraction of sp³-hybridized carbons (Fsp3) is 0. The summed E-state index contributed by atoms with van der Waals surface area (Å²) in [4.78, 5) is 9.89. The molecule has 0 N–H and O–H groups in total. The van der Waals surface area contributed by atoms with Crippen LogP contribution in [0.2, 0.25) is 5.02 Å². The van der Waals surface area contributed by atoms with Gasteiger partial charge in [0.05, 0.1) is 5.02 Å². The Hall–Kier alpha value is -0.540. The molecule has 0 aliphatic rings. The summed E-state index contributed by atoms with van der Waals surface area (Å²) < 4.78 is 5.33. The molecule has 0 unspecified atom stereocenters. The van der Waals surface area contributed by atoms with Gasteiger partial charge in [-0.3, -0.25) is 4.79 Å². The number of carbonyl (C=O) groups is 1. The standard InChI is InChI=1S/C7H4BrClO2/c8-6-2-1-5(11-4-10)3-7(6)9/h1-4H. The van der Waals surface area contributed by atoms with E-state index in [1.54, 1.807) is 18.2 Å². The van der Waals surface area contributed by atoms with Crippen molar-refractivity contribution < 1.29 is 9.53 Å². The highest BCUT2D eigenvalue weighted by molar-refractivity contribution is 9.10. The maximum Gasteiger partial charge on any atom is 0.298 e. The Morgan fingerprint density at radius 2 is 2.27 bits per heavy atom. The van der Waals surface area contributed by atoms with E-state index >= 15 is 0 Å². The van der Waals surface area contributed by atoms with Gasteiger partial charge in [0.2, 0.25) is 0 Å². The van der Waals surface area contributed by atoms with Crippen LogP contribution in [0, 0.1) is 0 Å². The molecule has 0 aliphatic carbocycles. The molecule has 0 saturated carbocycles. The van der Waals surface area contributed by atoms with Crippen LogP contribution in [-0.2, 0) is 4.79 Å². The zero-order valence-corrected chi connectivity index (χ0v) is 7.72. The Labute approximate surface area is 77.2 Å². The molecule has 1 aromatic carbocycles. The van der Waals surface area contributed by atoms with Crippen molar-refractivity contribution in [1.29, 1.82) is 0 Å². The summed E-state index contributed by atoms with van der Waals surface area (Å²) in [7, 11) is 0. The predicted octanol–water partition coefficient (Wildman–Crippen LogP) is 2.64. The van der Waals surface area contributed by atoms with Crippen molar-refractivity contribution in [3.63, 3.8) is 0 Å². The zero-order valence-electron chi connectivity index (χ0n) is 5.38. The number of hydrogen-bond acceptors (Lipinski definition) is 2. The van der Waals surface area contributed by atoms with E-state index < -0.39 is 0 Å². The lowest BCUT2D eigenvalue weighted by Gasteiger charge is -1.98. The van der Waals surface area contributed by atoms with Gasteiger partial charge in [-0.1, -0.05) is 11.6 Å². The normalized spacial score (nSPS) is 9.27. The molecule has 0 fully saturated rings. The summed E-state index contributed by atoms with van der Waals surface area (Å²) in [6, 6.07) is 4.91. The minimum absolute atomic E-state index is 0.361. The van der Waals surface area contributed by atoms with Crippen LogP contribution in [0.15, 0.2) is 22.7 Å². The first-order valence-corrected chi connectivity index (χ1v) is 3.96. The first-order chi connectivity index (χ1) is 5.24. The van der Waals surface area contributed by atoms with Gasteiger partial charge < -0.3 is 4.74 Å². The van der Waals surface area contributed by atoms with E-state index in [1.807, 2.05) is 0 Å². The lowest BCUT2D eigenvalue weighted by atomic mass is 10.3. The molecule has 0 amide bonds. The maximum atomic E-state index is 9.89. The van der Waals surface area contributed by atoms with Gasteiger partial charge in [0.1, 0.15) is 5.75 Å². The summed E-state index contributed by atoms with van der Waals surface area (Å²) in [5, 5.41) is 0.518. The van der Waals surface area contributed by atoms with Crippen LogP contribution in [0.4, 0.5) is 0 Å². The second-order valence-corrected chi connectivity index (χ2v) is 3.05. The van der Waals surface area contributed by atoms with Gasteiger partial charge in [-0.25, -0.2) is 0 Å². The highest BCUT2D eigenvalue weighted by Crippen LogP contribution is 2.26. The summed E-state index contributed by atoms with van der Waals surface area (Å²) in [5.74, 6) is 0.438. The lowest BCUT2D eigenvalue weighted by Crippen LogP contribution is -1.87. The number of rotatable bonds is 2. The van der Waals surface area contributed by atoms with E-state index in [9.17, 15) is 4.79 Å². The van der Waals surface area contributed by atoms with E-state index in [4.69, 9.17) is 11.6 Å². The van der Waals surface area contributed by atoms with Crippen molar-refractivity contribution in [3.05, 3.63) is 27.7 Å². The molecule has 1 rings (SSSR count). The SMILES string of the molecule is O=COc1ccc(Br)c(Cl)c1. The topological polar surface area (TPSA) is 26.3 Å². The molecule has 4 heteroatoms. The molecular formula is C7H4BrClO2. The molecular weight excluding hydrogens is 231 g/mol.